The van der Waals surface area contributed by atoms with Gasteiger partial charge in [-0.25, -0.2) is 0 Å². The molecule has 8 nitrogen and oxygen atoms in total. The van der Waals surface area contributed by atoms with Crippen LogP contribution in [0.3, 0.4) is 0 Å². The maximum absolute atomic E-state index is 13.5. The van der Waals surface area contributed by atoms with E-state index in [0.29, 0.717) is 5.75 Å². The van der Waals surface area contributed by atoms with E-state index in [9.17, 15) is 14.7 Å². The van der Waals surface area contributed by atoms with Gasteiger partial charge in [0.15, 0.2) is 6.10 Å². The highest BCUT2D eigenvalue weighted by molar-refractivity contribution is 5.91. The molecule has 0 aromatic heterocycles. The van der Waals surface area contributed by atoms with E-state index >= 15 is 0 Å². The summed E-state index contributed by atoms with van der Waals surface area (Å²) in [6.45, 7) is 1.59. The van der Waals surface area contributed by atoms with Crippen LogP contribution in [0.1, 0.15) is 23.6 Å². The van der Waals surface area contributed by atoms with E-state index < -0.39 is 42.3 Å². The average Bonchev–Trinajstić information content (AvgIpc) is 2.94. The summed E-state index contributed by atoms with van der Waals surface area (Å²) in [5, 5.41) is 11.2. The molecular formula is C30H32O8. The SMILES string of the molecule is COc1ccc(CO[C@@H]2C(=O)[C@H](OC(C)=O)[C@H](O)[C@H](OCc3ccccc3)[C@H]2OCc2ccccc2)cc1. The molecule has 0 amide bonds. The molecule has 0 aliphatic heterocycles. The first-order chi connectivity index (χ1) is 18.5. The van der Waals surface area contributed by atoms with Crippen LogP contribution in [-0.2, 0) is 48.4 Å². The summed E-state index contributed by atoms with van der Waals surface area (Å²) < 4.78 is 28.9. The Morgan fingerprint density at radius 2 is 1.21 bits per heavy atom. The average molecular weight is 521 g/mol. The molecule has 3 aromatic rings. The Bertz CT molecular complexity index is 1170. The number of esters is 1. The minimum Gasteiger partial charge on any atom is -0.497 e. The van der Waals surface area contributed by atoms with Crippen molar-refractivity contribution in [1.29, 1.82) is 0 Å². The summed E-state index contributed by atoms with van der Waals surface area (Å²) in [7, 11) is 1.58. The van der Waals surface area contributed by atoms with Crippen LogP contribution in [0.2, 0.25) is 0 Å². The standard InChI is InChI=1S/C30H32O8/c1-20(31)38-27-25(32)28(35-17-21-9-5-3-6-10-21)30(37-18-22-11-7-4-8-12-22)29(26(27)33)36-19-23-13-15-24(34-2)16-14-23/h3-16,25,27-30,32H,17-19H2,1-2H3/t25-,27+,28-,29+,30+/m0/s1. The molecule has 4 rings (SSSR count). The van der Waals surface area contributed by atoms with Crippen molar-refractivity contribution in [1.82, 2.24) is 0 Å². The molecule has 1 N–H and O–H groups in total. The van der Waals surface area contributed by atoms with Gasteiger partial charge in [0.1, 0.15) is 30.2 Å². The van der Waals surface area contributed by atoms with E-state index in [1.54, 1.807) is 19.2 Å². The van der Waals surface area contributed by atoms with Crippen LogP contribution >= 0.6 is 0 Å². The highest BCUT2D eigenvalue weighted by Gasteiger charge is 2.53. The third-order valence-corrected chi connectivity index (χ3v) is 6.28. The summed E-state index contributed by atoms with van der Waals surface area (Å²) in [6.07, 6.45) is -6.04. The van der Waals surface area contributed by atoms with E-state index in [-0.39, 0.29) is 19.8 Å². The van der Waals surface area contributed by atoms with Crippen molar-refractivity contribution in [2.24, 2.45) is 0 Å². The van der Waals surface area contributed by atoms with Crippen LogP contribution in [-0.4, -0.2) is 54.5 Å². The van der Waals surface area contributed by atoms with Gasteiger partial charge in [0.2, 0.25) is 5.78 Å². The second-order valence-electron chi connectivity index (χ2n) is 9.03. The van der Waals surface area contributed by atoms with E-state index in [1.807, 2.05) is 72.8 Å². The Morgan fingerprint density at radius 1 is 0.711 bits per heavy atom. The zero-order valence-corrected chi connectivity index (χ0v) is 21.4. The number of carbonyl (C=O) groups excluding carboxylic acids is 2. The molecule has 0 spiro atoms. The molecule has 1 fully saturated rings. The molecule has 1 aliphatic carbocycles. The van der Waals surface area contributed by atoms with Crippen molar-refractivity contribution in [3.8, 4) is 5.75 Å². The summed E-state index contributed by atoms with van der Waals surface area (Å²) in [6, 6.07) is 26.1. The minimum absolute atomic E-state index is 0.0832. The largest absolute Gasteiger partial charge is 0.497 e. The molecule has 0 unspecified atom stereocenters. The zero-order chi connectivity index (χ0) is 26.9. The summed E-state index contributed by atoms with van der Waals surface area (Å²) in [4.78, 5) is 25.3. The molecule has 0 heterocycles. The van der Waals surface area contributed by atoms with Gasteiger partial charge in [0.05, 0.1) is 26.9 Å². The molecule has 0 radical (unpaired) electrons. The van der Waals surface area contributed by atoms with Crippen molar-refractivity contribution in [3.63, 3.8) is 0 Å². The van der Waals surface area contributed by atoms with Gasteiger partial charge in [-0.3, -0.25) is 9.59 Å². The maximum Gasteiger partial charge on any atom is 0.303 e. The quantitative estimate of drug-likeness (QED) is 0.383. The second kappa shape index (κ2) is 13.3. The lowest BCUT2D eigenvalue weighted by atomic mass is 9.85. The lowest BCUT2D eigenvalue weighted by Gasteiger charge is -2.42. The maximum atomic E-state index is 13.5. The van der Waals surface area contributed by atoms with Crippen LogP contribution in [0, 0.1) is 0 Å². The van der Waals surface area contributed by atoms with Crippen molar-refractivity contribution in [2.45, 2.75) is 57.3 Å². The molecule has 3 aromatic carbocycles. The summed E-state index contributed by atoms with van der Waals surface area (Å²) >= 11 is 0. The van der Waals surface area contributed by atoms with E-state index in [4.69, 9.17) is 23.7 Å². The number of Topliss-reactive ketones (excluding diaryl/α,β-unsaturated/α-hetero) is 1. The number of aliphatic hydroxyl groups is 1. The van der Waals surface area contributed by atoms with Crippen molar-refractivity contribution < 1.29 is 38.4 Å². The molecule has 8 heteroatoms. The topological polar surface area (TPSA) is 101 Å². The zero-order valence-electron chi connectivity index (χ0n) is 21.4. The molecule has 1 saturated carbocycles. The van der Waals surface area contributed by atoms with Gasteiger partial charge in [-0.05, 0) is 28.8 Å². The van der Waals surface area contributed by atoms with Gasteiger partial charge < -0.3 is 28.8 Å². The fourth-order valence-corrected chi connectivity index (χ4v) is 4.33. The monoisotopic (exact) mass is 520 g/mol. The molecule has 5 atom stereocenters. The third-order valence-electron chi connectivity index (χ3n) is 6.28. The molecule has 0 saturated heterocycles. The predicted molar refractivity (Wildman–Crippen MR) is 138 cm³/mol. The smallest absolute Gasteiger partial charge is 0.303 e. The summed E-state index contributed by atoms with van der Waals surface area (Å²) in [5.41, 5.74) is 2.56. The van der Waals surface area contributed by atoms with Gasteiger partial charge in [-0.15, -0.1) is 0 Å². The van der Waals surface area contributed by atoms with Crippen molar-refractivity contribution >= 4 is 11.8 Å². The van der Waals surface area contributed by atoms with Gasteiger partial charge in [0, 0.05) is 6.92 Å². The molecular weight excluding hydrogens is 488 g/mol. The predicted octanol–water partition coefficient (Wildman–Crippen LogP) is 3.63. The van der Waals surface area contributed by atoms with E-state index in [0.717, 1.165) is 16.7 Å². The van der Waals surface area contributed by atoms with Crippen LogP contribution in [0.4, 0.5) is 0 Å². The lowest BCUT2D eigenvalue weighted by Crippen LogP contribution is -2.64. The minimum atomic E-state index is -1.45. The van der Waals surface area contributed by atoms with Crippen molar-refractivity contribution in [2.75, 3.05) is 7.11 Å². The number of aliphatic hydroxyl groups excluding tert-OH is 1. The normalized spacial score (nSPS) is 23.1. The Labute approximate surface area is 222 Å². The van der Waals surface area contributed by atoms with Crippen LogP contribution in [0.25, 0.3) is 0 Å². The fourth-order valence-electron chi connectivity index (χ4n) is 4.33. The van der Waals surface area contributed by atoms with Crippen LogP contribution < -0.4 is 4.74 Å². The van der Waals surface area contributed by atoms with Gasteiger partial charge in [0.25, 0.3) is 0 Å². The van der Waals surface area contributed by atoms with E-state index in [2.05, 4.69) is 0 Å². The third kappa shape index (κ3) is 7.05. The van der Waals surface area contributed by atoms with Crippen LogP contribution in [0.15, 0.2) is 84.9 Å². The molecule has 1 aliphatic rings. The number of carbonyl (C=O) groups is 2. The Hall–Kier alpha value is -3.56. The summed E-state index contributed by atoms with van der Waals surface area (Å²) in [5.74, 6) is -0.584. The number of hydrogen-bond acceptors (Lipinski definition) is 8. The highest BCUT2D eigenvalue weighted by Crippen LogP contribution is 2.30. The first-order valence-corrected chi connectivity index (χ1v) is 12.4. The number of ketones is 1. The highest BCUT2D eigenvalue weighted by atomic mass is 16.6. The van der Waals surface area contributed by atoms with Gasteiger partial charge in [-0.1, -0.05) is 72.8 Å². The Balaban J connectivity index is 1.61. The number of benzene rings is 3. The Kier molecular flexibility index (Phi) is 9.62. The van der Waals surface area contributed by atoms with Gasteiger partial charge in [-0.2, -0.15) is 0 Å². The number of methoxy groups -OCH3 is 1. The van der Waals surface area contributed by atoms with Crippen molar-refractivity contribution in [3.05, 3.63) is 102 Å². The van der Waals surface area contributed by atoms with E-state index in [1.165, 1.54) is 6.92 Å². The number of hydrogen-bond donors (Lipinski definition) is 1. The lowest BCUT2D eigenvalue weighted by molar-refractivity contribution is -0.225. The first kappa shape index (κ1) is 27.5. The van der Waals surface area contributed by atoms with Gasteiger partial charge >= 0.3 is 5.97 Å². The Morgan fingerprint density at radius 3 is 1.74 bits per heavy atom. The number of ether oxygens (including phenoxy) is 5. The van der Waals surface area contributed by atoms with Crippen LogP contribution in [0.5, 0.6) is 5.75 Å². The molecule has 0 bridgehead atoms. The molecule has 38 heavy (non-hydrogen) atoms. The second-order valence-corrected chi connectivity index (χ2v) is 9.03. The number of rotatable bonds is 11. The fraction of sp³-hybridized carbons (Fsp3) is 0.333. The molecule has 200 valence electrons. The first-order valence-electron chi connectivity index (χ1n) is 12.4.